The van der Waals surface area contributed by atoms with Gasteiger partial charge in [0.2, 0.25) is 0 Å². The van der Waals surface area contributed by atoms with Crippen molar-refractivity contribution >= 4 is 12.0 Å². The van der Waals surface area contributed by atoms with E-state index in [0.29, 0.717) is 0 Å². The number of rotatable bonds is 6. The number of nitrogens with zero attached hydrogens (tertiary/aromatic N) is 1. The highest BCUT2D eigenvalue weighted by Gasteiger charge is 2.13. The van der Waals surface area contributed by atoms with Gasteiger partial charge in [0.1, 0.15) is 0 Å². The summed E-state index contributed by atoms with van der Waals surface area (Å²) in [6, 6.07) is 2.98. The molecule has 1 aromatic rings. The molecule has 0 saturated carbocycles. The van der Waals surface area contributed by atoms with E-state index in [-0.39, 0.29) is 19.0 Å². The second-order valence-electron chi connectivity index (χ2n) is 4.05. The summed E-state index contributed by atoms with van der Waals surface area (Å²) in [4.78, 5) is 25.7. The van der Waals surface area contributed by atoms with Gasteiger partial charge in [-0.25, -0.2) is 9.59 Å². The molecule has 0 bridgehead atoms. The van der Waals surface area contributed by atoms with Crippen LogP contribution in [0.25, 0.3) is 0 Å². The third kappa shape index (κ3) is 5.35. The normalized spacial score (nSPS) is 13.4. The van der Waals surface area contributed by atoms with Crippen LogP contribution in [0.15, 0.2) is 24.5 Å². The quantitative estimate of drug-likeness (QED) is 0.591. The van der Waals surface area contributed by atoms with E-state index < -0.39 is 18.1 Å². The Hall–Kier alpha value is -2.15. The van der Waals surface area contributed by atoms with Crippen molar-refractivity contribution in [2.75, 3.05) is 6.54 Å². The van der Waals surface area contributed by atoms with E-state index in [1.807, 2.05) is 6.92 Å². The number of aliphatic hydroxyl groups is 1. The van der Waals surface area contributed by atoms with E-state index in [9.17, 15) is 9.59 Å². The van der Waals surface area contributed by atoms with Crippen LogP contribution >= 0.6 is 0 Å². The Labute approximate surface area is 110 Å². The Morgan fingerprint density at radius 1 is 1.37 bits per heavy atom. The Balaban J connectivity index is 2.30. The monoisotopic (exact) mass is 267 g/mol. The molecule has 0 aliphatic rings. The van der Waals surface area contributed by atoms with Gasteiger partial charge >= 0.3 is 12.0 Å². The van der Waals surface area contributed by atoms with Crippen LogP contribution in [0.2, 0.25) is 0 Å². The Bertz CT molecular complexity index is 424. The van der Waals surface area contributed by atoms with E-state index in [0.717, 1.165) is 5.56 Å². The molecule has 2 atom stereocenters. The van der Waals surface area contributed by atoms with Gasteiger partial charge in [0, 0.05) is 25.4 Å². The lowest BCUT2D eigenvalue weighted by Crippen LogP contribution is -2.39. The zero-order valence-corrected chi connectivity index (χ0v) is 10.5. The van der Waals surface area contributed by atoms with Gasteiger partial charge in [0.15, 0.2) is 6.10 Å². The molecule has 1 rings (SSSR count). The lowest BCUT2D eigenvalue weighted by molar-refractivity contribution is -0.146. The van der Waals surface area contributed by atoms with Crippen LogP contribution in [0.1, 0.15) is 24.9 Å². The number of pyridine rings is 1. The molecule has 0 aliphatic heterocycles. The van der Waals surface area contributed by atoms with Crippen molar-refractivity contribution in [3.05, 3.63) is 30.1 Å². The van der Waals surface area contributed by atoms with Gasteiger partial charge in [0.25, 0.3) is 0 Å². The van der Waals surface area contributed by atoms with Gasteiger partial charge in [-0.1, -0.05) is 0 Å². The highest BCUT2D eigenvalue weighted by molar-refractivity contribution is 5.75. The van der Waals surface area contributed by atoms with Crippen molar-refractivity contribution < 1.29 is 19.8 Å². The fraction of sp³-hybridized carbons (Fsp3) is 0.417. The van der Waals surface area contributed by atoms with Gasteiger partial charge in [-0.05, 0) is 24.6 Å². The van der Waals surface area contributed by atoms with Gasteiger partial charge in [-0.2, -0.15) is 0 Å². The third-order valence-corrected chi connectivity index (χ3v) is 2.54. The minimum absolute atomic E-state index is 0.0353. The predicted octanol–water partition coefficient (Wildman–Crippen LogP) is 0.277. The van der Waals surface area contributed by atoms with Crippen LogP contribution in [-0.4, -0.2) is 39.8 Å². The number of urea groups is 1. The molecular formula is C12H17N3O4. The van der Waals surface area contributed by atoms with Gasteiger partial charge in [0.05, 0.1) is 6.04 Å². The largest absolute Gasteiger partial charge is 0.479 e. The van der Waals surface area contributed by atoms with Crippen LogP contribution in [0.3, 0.4) is 0 Å². The van der Waals surface area contributed by atoms with E-state index in [1.165, 1.54) is 0 Å². The summed E-state index contributed by atoms with van der Waals surface area (Å²) >= 11 is 0. The Morgan fingerprint density at radius 2 is 2.00 bits per heavy atom. The number of aliphatic carboxylic acids is 1. The first kappa shape index (κ1) is 14.9. The molecule has 2 unspecified atom stereocenters. The van der Waals surface area contributed by atoms with Gasteiger partial charge < -0.3 is 20.8 Å². The van der Waals surface area contributed by atoms with Crippen LogP contribution in [0.4, 0.5) is 4.79 Å². The lowest BCUT2D eigenvalue weighted by Gasteiger charge is -2.15. The number of nitrogens with one attached hydrogen (secondary N) is 2. The van der Waals surface area contributed by atoms with Crippen LogP contribution < -0.4 is 10.6 Å². The fourth-order valence-corrected chi connectivity index (χ4v) is 1.43. The number of carboxylic acids is 1. The summed E-state index contributed by atoms with van der Waals surface area (Å²) in [6.45, 7) is 1.91. The molecule has 0 spiro atoms. The lowest BCUT2D eigenvalue weighted by atomic mass is 10.1. The average Bonchev–Trinajstić information content (AvgIpc) is 2.39. The van der Waals surface area contributed by atoms with Crippen molar-refractivity contribution in [2.45, 2.75) is 25.5 Å². The smallest absolute Gasteiger partial charge is 0.332 e. The zero-order valence-electron chi connectivity index (χ0n) is 10.5. The first-order chi connectivity index (χ1) is 9.00. The highest BCUT2D eigenvalue weighted by atomic mass is 16.4. The molecule has 0 aromatic carbocycles. The Kier molecular flexibility index (Phi) is 5.74. The van der Waals surface area contributed by atoms with Crippen molar-refractivity contribution in [1.82, 2.24) is 15.6 Å². The minimum atomic E-state index is -1.46. The molecule has 2 amide bonds. The number of carbonyl (C=O) groups excluding carboxylic acids is 1. The second kappa shape index (κ2) is 7.32. The molecule has 0 radical (unpaired) electrons. The molecule has 19 heavy (non-hydrogen) atoms. The maximum Gasteiger partial charge on any atom is 0.332 e. The average molecular weight is 267 g/mol. The SMILES string of the molecule is CC(NC(=O)NCCC(O)C(=O)O)c1ccncc1. The van der Waals surface area contributed by atoms with E-state index in [4.69, 9.17) is 10.2 Å². The highest BCUT2D eigenvalue weighted by Crippen LogP contribution is 2.09. The summed E-state index contributed by atoms with van der Waals surface area (Å²) in [5.41, 5.74) is 0.913. The van der Waals surface area contributed by atoms with Crippen LogP contribution in [0.5, 0.6) is 0 Å². The molecule has 1 aromatic heterocycles. The topological polar surface area (TPSA) is 112 Å². The molecular weight excluding hydrogens is 250 g/mol. The molecule has 0 aliphatic carbocycles. The fourth-order valence-electron chi connectivity index (χ4n) is 1.43. The number of hydrogen-bond donors (Lipinski definition) is 4. The predicted molar refractivity (Wildman–Crippen MR) is 67.4 cm³/mol. The van der Waals surface area contributed by atoms with Crippen molar-refractivity contribution in [2.24, 2.45) is 0 Å². The number of amides is 2. The summed E-state index contributed by atoms with van der Waals surface area (Å²) < 4.78 is 0. The molecule has 4 N–H and O–H groups in total. The standard InChI is InChI=1S/C12H17N3O4/c1-8(9-2-5-13-6-3-9)15-12(19)14-7-4-10(16)11(17)18/h2-3,5-6,8,10,16H,4,7H2,1H3,(H,17,18)(H2,14,15,19). The number of aliphatic hydroxyl groups excluding tert-OH is 1. The minimum Gasteiger partial charge on any atom is -0.479 e. The summed E-state index contributed by atoms with van der Waals surface area (Å²) in [6.07, 6.45) is 1.77. The number of hydrogen-bond acceptors (Lipinski definition) is 4. The molecule has 1 heterocycles. The Morgan fingerprint density at radius 3 is 2.58 bits per heavy atom. The zero-order chi connectivity index (χ0) is 14.3. The van der Waals surface area contributed by atoms with Crippen molar-refractivity contribution in [3.8, 4) is 0 Å². The molecule has 0 saturated heterocycles. The van der Waals surface area contributed by atoms with Gasteiger partial charge in [-0.15, -0.1) is 0 Å². The van der Waals surface area contributed by atoms with E-state index >= 15 is 0 Å². The maximum absolute atomic E-state index is 11.5. The first-order valence-corrected chi connectivity index (χ1v) is 5.86. The first-order valence-electron chi connectivity index (χ1n) is 5.86. The molecule has 7 nitrogen and oxygen atoms in total. The van der Waals surface area contributed by atoms with Crippen LogP contribution in [0, 0.1) is 0 Å². The summed E-state index contributed by atoms with van der Waals surface area (Å²) in [7, 11) is 0. The van der Waals surface area contributed by atoms with Crippen LogP contribution in [-0.2, 0) is 4.79 Å². The van der Waals surface area contributed by atoms with E-state index in [2.05, 4.69) is 15.6 Å². The molecule has 104 valence electrons. The van der Waals surface area contributed by atoms with Crippen molar-refractivity contribution in [1.29, 1.82) is 0 Å². The maximum atomic E-state index is 11.5. The molecule has 0 fully saturated rings. The number of carbonyl (C=O) groups is 2. The summed E-state index contributed by atoms with van der Waals surface area (Å²) in [5, 5.41) is 22.7. The number of aromatic nitrogens is 1. The number of carboxylic acid groups (broad SMARTS) is 1. The van der Waals surface area contributed by atoms with Crippen molar-refractivity contribution in [3.63, 3.8) is 0 Å². The van der Waals surface area contributed by atoms with Gasteiger partial charge in [-0.3, -0.25) is 4.98 Å². The third-order valence-electron chi connectivity index (χ3n) is 2.54. The summed E-state index contributed by atoms with van der Waals surface area (Å²) in [5.74, 6) is -1.30. The second-order valence-corrected chi connectivity index (χ2v) is 4.05. The van der Waals surface area contributed by atoms with E-state index in [1.54, 1.807) is 24.5 Å². The molecule has 7 heteroatoms.